The van der Waals surface area contributed by atoms with Crippen LogP contribution in [-0.2, 0) is 9.53 Å². The third-order valence-corrected chi connectivity index (χ3v) is 5.69. The van der Waals surface area contributed by atoms with E-state index in [0.29, 0.717) is 0 Å². The molecular weight excluding hydrogens is 346 g/mol. The molecule has 0 unspecified atom stereocenters. The lowest BCUT2D eigenvalue weighted by Gasteiger charge is -2.30. The summed E-state index contributed by atoms with van der Waals surface area (Å²) >= 11 is 0. The Labute approximate surface area is 166 Å². The molecule has 1 aliphatic rings. The summed E-state index contributed by atoms with van der Waals surface area (Å²) in [7, 11) is 4.02. The predicted octanol–water partition coefficient (Wildman–Crippen LogP) is 5.03. The molecule has 0 saturated carbocycles. The zero-order chi connectivity index (χ0) is 19.7. The third kappa shape index (κ3) is 3.23. The summed E-state index contributed by atoms with van der Waals surface area (Å²) in [6, 6.07) is 26.3. The normalized spacial score (nSPS) is 15.0. The summed E-state index contributed by atoms with van der Waals surface area (Å²) in [5, 5.41) is 0. The van der Waals surface area contributed by atoms with Crippen LogP contribution in [0.2, 0.25) is 0 Å². The molecule has 3 nitrogen and oxygen atoms in total. The highest BCUT2D eigenvalue weighted by Gasteiger charge is 2.37. The Morgan fingerprint density at radius 2 is 1.32 bits per heavy atom. The molecular formula is C25H25NO2. The predicted molar refractivity (Wildman–Crippen MR) is 112 cm³/mol. The van der Waals surface area contributed by atoms with Gasteiger partial charge in [0.15, 0.2) is 0 Å². The number of hydrogen-bond acceptors (Lipinski definition) is 3. The van der Waals surface area contributed by atoms with E-state index < -0.39 is 0 Å². The minimum Gasteiger partial charge on any atom is -0.455 e. The summed E-state index contributed by atoms with van der Waals surface area (Å²) in [4.78, 5) is 15.5. The van der Waals surface area contributed by atoms with Crippen molar-refractivity contribution in [3.8, 4) is 11.1 Å². The summed E-state index contributed by atoms with van der Waals surface area (Å²) < 4.78 is 6.18. The van der Waals surface area contributed by atoms with Gasteiger partial charge in [-0.3, -0.25) is 4.79 Å². The Hall–Kier alpha value is -2.91. The fraction of sp³-hybridized carbons (Fsp3) is 0.240. The van der Waals surface area contributed by atoms with Crippen molar-refractivity contribution in [2.24, 2.45) is 0 Å². The number of esters is 1. The van der Waals surface area contributed by atoms with E-state index in [1.54, 1.807) is 0 Å². The van der Waals surface area contributed by atoms with Gasteiger partial charge in [0, 0.05) is 6.04 Å². The van der Waals surface area contributed by atoms with Gasteiger partial charge in [-0.15, -0.1) is 0 Å². The van der Waals surface area contributed by atoms with Gasteiger partial charge in [-0.2, -0.15) is 0 Å². The highest BCUT2D eigenvalue weighted by molar-refractivity contribution is 5.93. The number of fused-ring (bicyclic) bond motifs is 3. The lowest BCUT2D eigenvalue weighted by Crippen LogP contribution is -2.34. The number of ether oxygens (including phenoxy) is 1. The third-order valence-electron chi connectivity index (χ3n) is 5.69. The molecule has 0 saturated heterocycles. The maximum absolute atomic E-state index is 13.4. The Morgan fingerprint density at radius 1 is 0.821 bits per heavy atom. The molecule has 0 N–H and O–H groups in total. The van der Waals surface area contributed by atoms with E-state index in [1.165, 1.54) is 0 Å². The summed E-state index contributed by atoms with van der Waals surface area (Å²) in [6.45, 7) is 2.08. The Balaban J connectivity index is 1.70. The van der Waals surface area contributed by atoms with Gasteiger partial charge in [0.25, 0.3) is 0 Å². The molecule has 0 bridgehead atoms. The fourth-order valence-corrected chi connectivity index (χ4v) is 3.96. The van der Waals surface area contributed by atoms with Crippen LogP contribution in [0.15, 0.2) is 78.9 Å². The van der Waals surface area contributed by atoms with Gasteiger partial charge >= 0.3 is 5.97 Å². The smallest absolute Gasteiger partial charge is 0.318 e. The average molecular weight is 371 g/mol. The quantitative estimate of drug-likeness (QED) is 0.589. The van der Waals surface area contributed by atoms with Crippen LogP contribution in [-0.4, -0.2) is 31.0 Å². The minimum absolute atomic E-state index is 0.0539. The first-order valence-electron chi connectivity index (χ1n) is 9.68. The molecule has 3 heteroatoms. The molecule has 3 aromatic carbocycles. The van der Waals surface area contributed by atoms with Gasteiger partial charge in [-0.1, -0.05) is 78.9 Å². The van der Waals surface area contributed by atoms with Gasteiger partial charge in [0.1, 0.15) is 12.0 Å². The van der Waals surface area contributed by atoms with Crippen LogP contribution >= 0.6 is 0 Å². The van der Waals surface area contributed by atoms with Crippen LogP contribution in [0.5, 0.6) is 0 Å². The SMILES string of the molecule is C[C@@H]([C@@H](OC(=O)C1c2ccccc2-c2ccccc21)c1ccccc1)N(C)C. The largest absolute Gasteiger partial charge is 0.455 e. The first-order valence-corrected chi connectivity index (χ1v) is 9.68. The molecule has 0 aliphatic heterocycles. The molecule has 0 spiro atoms. The average Bonchev–Trinajstić information content (AvgIpc) is 3.06. The second-order valence-electron chi connectivity index (χ2n) is 7.58. The summed E-state index contributed by atoms with van der Waals surface area (Å²) in [6.07, 6.45) is -0.330. The maximum atomic E-state index is 13.4. The number of carbonyl (C=O) groups is 1. The van der Waals surface area contributed by atoms with Gasteiger partial charge in [-0.25, -0.2) is 0 Å². The molecule has 0 heterocycles. The van der Waals surface area contributed by atoms with E-state index in [-0.39, 0.29) is 24.0 Å². The molecule has 0 fully saturated rings. The van der Waals surface area contributed by atoms with Crippen molar-refractivity contribution < 1.29 is 9.53 Å². The number of likely N-dealkylation sites (N-methyl/N-ethyl adjacent to an activating group) is 1. The van der Waals surface area contributed by atoms with Crippen molar-refractivity contribution in [3.05, 3.63) is 95.6 Å². The van der Waals surface area contributed by atoms with Crippen molar-refractivity contribution in [1.29, 1.82) is 0 Å². The monoisotopic (exact) mass is 371 g/mol. The first-order chi connectivity index (χ1) is 13.6. The molecule has 0 aromatic heterocycles. The minimum atomic E-state index is -0.382. The maximum Gasteiger partial charge on any atom is 0.318 e. The molecule has 1 aliphatic carbocycles. The van der Waals surface area contributed by atoms with E-state index in [9.17, 15) is 4.79 Å². The van der Waals surface area contributed by atoms with E-state index >= 15 is 0 Å². The highest BCUT2D eigenvalue weighted by atomic mass is 16.5. The molecule has 28 heavy (non-hydrogen) atoms. The van der Waals surface area contributed by atoms with Crippen molar-refractivity contribution >= 4 is 5.97 Å². The zero-order valence-electron chi connectivity index (χ0n) is 16.5. The van der Waals surface area contributed by atoms with E-state index in [0.717, 1.165) is 27.8 Å². The Bertz CT molecular complexity index is 935. The van der Waals surface area contributed by atoms with Gasteiger partial charge in [-0.05, 0) is 48.8 Å². The van der Waals surface area contributed by atoms with Crippen LogP contribution in [0.25, 0.3) is 11.1 Å². The number of benzene rings is 3. The van der Waals surface area contributed by atoms with Gasteiger partial charge in [0.2, 0.25) is 0 Å². The fourth-order valence-electron chi connectivity index (χ4n) is 3.96. The van der Waals surface area contributed by atoms with E-state index in [1.807, 2.05) is 80.8 Å². The zero-order valence-corrected chi connectivity index (χ0v) is 16.5. The van der Waals surface area contributed by atoms with Crippen molar-refractivity contribution in [2.45, 2.75) is 25.0 Å². The number of hydrogen-bond donors (Lipinski definition) is 0. The molecule has 0 radical (unpaired) electrons. The lowest BCUT2D eigenvalue weighted by atomic mass is 9.96. The molecule has 142 valence electrons. The molecule has 0 amide bonds. The van der Waals surface area contributed by atoms with Crippen molar-refractivity contribution in [2.75, 3.05) is 14.1 Å². The van der Waals surface area contributed by atoms with Crippen LogP contribution in [0.4, 0.5) is 0 Å². The van der Waals surface area contributed by atoms with E-state index in [4.69, 9.17) is 4.74 Å². The van der Waals surface area contributed by atoms with Crippen LogP contribution in [0, 0.1) is 0 Å². The van der Waals surface area contributed by atoms with Gasteiger partial charge < -0.3 is 9.64 Å². The molecule has 2 atom stereocenters. The standard InChI is InChI=1S/C25H25NO2/c1-17(26(2)3)24(18-11-5-4-6-12-18)28-25(27)23-21-15-9-7-13-19(21)20-14-8-10-16-22(20)23/h4-17,23-24H,1-3H3/t17-,24+/m0/s1. The number of rotatable bonds is 5. The molecule has 3 aromatic rings. The highest BCUT2D eigenvalue weighted by Crippen LogP contribution is 2.45. The van der Waals surface area contributed by atoms with Crippen molar-refractivity contribution in [3.63, 3.8) is 0 Å². The number of carbonyl (C=O) groups excluding carboxylic acids is 1. The van der Waals surface area contributed by atoms with Crippen molar-refractivity contribution in [1.82, 2.24) is 4.90 Å². The Kier molecular flexibility index (Phi) is 5.01. The van der Waals surface area contributed by atoms with Crippen LogP contribution in [0.1, 0.15) is 35.6 Å². The summed E-state index contributed by atoms with van der Waals surface area (Å²) in [5.41, 5.74) is 5.31. The topological polar surface area (TPSA) is 29.5 Å². The first kappa shape index (κ1) is 18.5. The Morgan fingerprint density at radius 3 is 1.86 bits per heavy atom. The molecule has 4 rings (SSSR count). The van der Waals surface area contributed by atoms with Gasteiger partial charge in [0.05, 0.1) is 0 Å². The number of nitrogens with zero attached hydrogens (tertiary/aromatic N) is 1. The lowest BCUT2D eigenvalue weighted by molar-refractivity contribution is -0.153. The second kappa shape index (κ2) is 7.61. The van der Waals surface area contributed by atoms with Crippen LogP contribution in [0.3, 0.4) is 0 Å². The summed E-state index contributed by atoms with van der Waals surface area (Å²) in [5.74, 6) is -0.576. The second-order valence-corrected chi connectivity index (χ2v) is 7.58. The van der Waals surface area contributed by atoms with E-state index in [2.05, 4.69) is 24.0 Å². The van der Waals surface area contributed by atoms with Crippen LogP contribution < -0.4 is 0 Å².